The van der Waals surface area contributed by atoms with E-state index in [-0.39, 0.29) is 54.7 Å². The van der Waals surface area contributed by atoms with Gasteiger partial charge < -0.3 is 32.3 Å². The van der Waals surface area contributed by atoms with Crippen LogP contribution in [0.1, 0.15) is 0 Å². The second-order valence-electron chi connectivity index (χ2n) is 0.224. The summed E-state index contributed by atoms with van der Waals surface area (Å²) in [5, 5.41) is 14.8. The summed E-state index contributed by atoms with van der Waals surface area (Å²) < 4.78 is 0. The van der Waals surface area contributed by atoms with Gasteiger partial charge >= 0.3 is 37.7 Å². The smallest absolute Gasteiger partial charge is 1.00 e. The second kappa shape index (κ2) is 15.8. The van der Waals surface area contributed by atoms with E-state index in [4.69, 9.17) is 15.3 Å². The first kappa shape index (κ1) is 24.8. The molecule has 0 aromatic carbocycles. The zero-order valence-corrected chi connectivity index (χ0v) is 5.64. The van der Waals surface area contributed by atoms with Crippen molar-refractivity contribution in [3.8, 4) is 0 Å². The Morgan fingerprint density at radius 2 is 1.14 bits per heavy atom. The molecule has 7 heteroatoms. The molecule has 0 fully saturated rings. The molecule has 0 unspecified atom stereocenters. The van der Waals surface area contributed by atoms with Crippen LogP contribution in [0.3, 0.4) is 0 Å². The van der Waals surface area contributed by atoms with Gasteiger partial charge in [-0.3, -0.25) is 0 Å². The molecule has 0 saturated carbocycles. The molecule has 0 spiro atoms. The third kappa shape index (κ3) is 213. The monoisotopic (exact) mass is 155 g/mol. The maximum Gasteiger partial charge on any atom is 1.00 e. The maximum absolute atomic E-state index is 8.25. The van der Waals surface area contributed by atoms with Crippen LogP contribution < -0.4 is 54.7 Å². The Balaban J connectivity index is -0.0000000150. The van der Waals surface area contributed by atoms with Gasteiger partial charge in [-0.05, 0) is 0 Å². The maximum atomic E-state index is 8.25. The van der Waals surface area contributed by atoms with Crippen LogP contribution in [0, 0.1) is 15.3 Å². The summed E-state index contributed by atoms with van der Waals surface area (Å²) in [4.78, 5) is 8.25. The third-order valence-electron chi connectivity index (χ3n) is 0. The minimum absolute atomic E-state index is 0. The van der Waals surface area contributed by atoms with Gasteiger partial charge in [0.1, 0.15) is 0 Å². The molecule has 0 heterocycles. The Kier molecular flexibility index (Phi) is 56.0. The number of hydrogen-bond donors (Lipinski definition) is 0. The Morgan fingerprint density at radius 1 is 1.14 bits per heavy atom. The van der Waals surface area contributed by atoms with E-state index in [2.05, 4.69) is 0 Å². The zero-order chi connectivity index (χ0) is 3.58. The third-order valence-corrected chi connectivity index (χ3v) is 0. The first-order valence-electron chi connectivity index (χ1n) is 0.548. The average Bonchev–Trinajstić information content (AvgIpc) is 0.811. The SMILES string of the molecule is O=[N+]([O-])[O-].[Br-].[Li+].[Li+]. The fraction of sp³-hybridized carbons (Fsp3) is 0. The Labute approximate surface area is 74.9 Å². The van der Waals surface area contributed by atoms with Crippen LogP contribution in [-0.2, 0) is 0 Å². The summed E-state index contributed by atoms with van der Waals surface area (Å²) >= 11 is 0. The molecule has 7 heavy (non-hydrogen) atoms. The van der Waals surface area contributed by atoms with Crippen LogP contribution in [0.25, 0.3) is 0 Å². The van der Waals surface area contributed by atoms with Gasteiger partial charge in [0, 0.05) is 0 Å². The van der Waals surface area contributed by atoms with Gasteiger partial charge in [-0.2, -0.15) is 0 Å². The van der Waals surface area contributed by atoms with Crippen molar-refractivity contribution in [3.63, 3.8) is 0 Å². The first-order chi connectivity index (χ1) is 1.73. The largest absolute Gasteiger partial charge is 1.00 e. The van der Waals surface area contributed by atoms with E-state index in [1.54, 1.807) is 0 Å². The van der Waals surface area contributed by atoms with Gasteiger partial charge in [-0.1, -0.05) is 0 Å². The molecule has 0 aromatic rings. The van der Waals surface area contributed by atoms with E-state index < -0.39 is 5.09 Å². The quantitative estimate of drug-likeness (QED) is 0.198. The van der Waals surface area contributed by atoms with Crippen LogP contribution in [0.4, 0.5) is 0 Å². The summed E-state index contributed by atoms with van der Waals surface area (Å²) in [6, 6.07) is 0. The predicted octanol–water partition coefficient (Wildman–Crippen LogP) is -9.23. The van der Waals surface area contributed by atoms with Crippen molar-refractivity contribution in [1.82, 2.24) is 0 Å². The van der Waals surface area contributed by atoms with Crippen LogP contribution >= 0.6 is 0 Å². The van der Waals surface area contributed by atoms with Gasteiger partial charge in [0.2, 0.25) is 0 Å². The van der Waals surface area contributed by atoms with Gasteiger partial charge in [0.25, 0.3) is 0 Å². The van der Waals surface area contributed by atoms with Crippen molar-refractivity contribution in [2.75, 3.05) is 0 Å². The van der Waals surface area contributed by atoms with Crippen molar-refractivity contribution in [3.05, 3.63) is 15.3 Å². The van der Waals surface area contributed by atoms with Crippen molar-refractivity contribution >= 4 is 0 Å². The minimum Gasteiger partial charge on any atom is -1.00 e. The van der Waals surface area contributed by atoms with Crippen LogP contribution in [-0.4, -0.2) is 5.09 Å². The fourth-order valence-electron chi connectivity index (χ4n) is 0. The zero-order valence-electron chi connectivity index (χ0n) is 4.05. The Morgan fingerprint density at radius 3 is 1.14 bits per heavy atom. The summed E-state index contributed by atoms with van der Waals surface area (Å²) in [5.74, 6) is 0. The van der Waals surface area contributed by atoms with Crippen molar-refractivity contribution in [2.24, 2.45) is 0 Å². The average molecular weight is 156 g/mol. The molecular formula is BrLi2NO3. The van der Waals surface area contributed by atoms with Gasteiger partial charge in [-0.15, -0.1) is 0 Å². The number of nitrogens with zero attached hydrogens (tertiary/aromatic N) is 1. The summed E-state index contributed by atoms with van der Waals surface area (Å²) in [5.41, 5.74) is 0. The molecule has 0 aliphatic carbocycles. The summed E-state index contributed by atoms with van der Waals surface area (Å²) in [6.45, 7) is 0. The van der Waals surface area contributed by atoms with Gasteiger partial charge in [0.05, 0.1) is 5.09 Å². The molecule has 0 aliphatic rings. The molecule has 0 atom stereocenters. The second-order valence-corrected chi connectivity index (χ2v) is 0.224. The number of rotatable bonds is 0. The van der Waals surface area contributed by atoms with Crippen molar-refractivity contribution in [2.45, 2.75) is 0 Å². The first-order valence-corrected chi connectivity index (χ1v) is 0.548. The number of hydrogen-bond acceptors (Lipinski definition) is 3. The van der Waals surface area contributed by atoms with Crippen LogP contribution in [0.5, 0.6) is 0 Å². The van der Waals surface area contributed by atoms with Crippen LogP contribution in [0.15, 0.2) is 0 Å². The van der Waals surface area contributed by atoms with E-state index in [9.17, 15) is 0 Å². The van der Waals surface area contributed by atoms with E-state index in [1.165, 1.54) is 0 Å². The molecule has 0 aromatic heterocycles. The van der Waals surface area contributed by atoms with E-state index in [1.807, 2.05) is 0 Å². The molecule has 0 saturated heterocycles. The van der Waals surface area contributed by atoms with Crippen molar-refractivity contribution < 1.29 is 59.8 Å². The van der Waals surface area contributed by atoms with Gasteiger partial charge in [0.15, 0.2) is 0 Å². The molecule has 0 N–H and O–H groups in total. The molecule has 0 bridgehead atoms. The molecule has 0 radical (unpaired) electrons. The Hall–Kier alpha value is 0.875. The van der Waals surface area contributed by atoms with E-state index in [0.29, 0.717) is 0 Å². The van der Waals surface area contributed by atoms with Gasteiger partial charge in [-0.25, -0.2) is 0 Å². The normalized spacial score (nSPS) is 3.43. The minimum atomic E-state index is -1.75. The summed E-state index contributed by atoms with van der Waals surface area (Å²) in [6.07, 6.45) is 0. The fourth-order valence-corrected chi connectivity index (χ4v) is 0. The standard InChI is InChI=1S/BrH.2Li.NO3/c;;;2-1(3)4/h1H;;;/q;2*+1;-1/p-1. The molecule has 0 aliphatic heterocycles. The Bertz CT molecular complexity index is 35.9. The molecule has 0 amide bonds. The molecular weight excluding hydrogens is 156 g/mol. The van der Waals surface area contributed by atoms with Crippen molar-refractivity contribution in [1.29, 1.82) is 0 Å². The molecule has 0 rings (SSSR count). The predicted molar refractivity (Wildman–Crippen MR) is 10.4 cm³/mol. The van der Waals surface area contributed by atoms with Crippen LogP contribution in [0.2, 0.25) is 0 Å². The molecule has 4 nitrogen and oxygen atoms in total. The number of halogens is 1. The van der Waals surface area contributed by atoms with E-state index in [0.717, 1.165) is 0 Å². The summed E-state index contributed by atoms with van der Waals surface area (Å²) in [7, 11) is 0. The molecule has 32 valence electrons. The van der Waals surface area contributed by atoms with E-state index >= 15 is 0 Å². The topological polar surface area (TPSA) is 66.2 Å².